The van der Waals surface area contributed by atoms with Gasteiger partial charge in [0.05, 0.1) is 15.5 Å². The minimum absolute atomic E-state index is 0.0143. The third kappa shape index (κ3) is 4.47. The summed E-state index contributed by atoms with van der Waals surface area (Å²) >= 11 is 5.86. The molecule has 0 atom stereocenters. The van der Waals surface area contributed by atoms with E-state index in [0.717, 1.165) is 19.2 Å². The Hall–Kier alpha value is -1.66. The Balaban J connectivity index is 2.67. The van der Waals surface area contributed by atoms with Crippen LogP contribution in [0.3, 0.4) is 0 Å². The summed E-state index contributed by atoms with van der Waals surface area (Å²) in [7, 11) is 0. The van der Waals surface area contributed by atoms with Crippen LogP contribution in [-0.4, -0.2) is 42.0 Å². The van der Waals surface area contributed by atoms with Crippen LogP contribution in [0.5, 0.6) is 0 Å². The molecule has 0 saturated heterocycles. The second kappa shape index (κ2) is 7.81. The summed E-state index contributed by atoms with van der Waals surface area (Å²) in [6.45, 7) is 6.60. The number of benzene rings is 1. The maximum atomic E-state index is 11.9. The number of hydrogen-bond donors (Lipinski definition) is 0. The van der Waals surface area contributed by atoms with Crippen molar-refractivity contribution in [2.75, 3.05) is 26.2 Å². The number of hydrogen-bond acceptors (Lipinski definition) is 5. The van der Waals surface area contributed by atoms with Crippen molar-refractivity contribution in [1.82, 2.24) is 4.90 Å². The van der Waals surface area contributed by atoms with Crippen molar-refractivity contribution in [1.29, 1.82) is 0 Å². The zero-order chi connectivity index (χ0) is 15.1. The predicted molar refractivity (Wildman–Crippen MR) is 76.2 cm³/mol. The van der Waals surface area contributed by atoms with Gasteiger partial charge in [-0.1, -0.05) is 25.4 Å². The quantitative estimate of drug-likeness (QED) is 0.440. The molecule has 0 bridgehead atoms. The predicted octanol–water partition coefficient (Wildman–Crippen LogP) is 2.75. The standard InChI is InChI=1S/C13H17ClN2O4/c1-3-15(4-2)7-8-20-13(17)11-9-10(16(18)19)5-6-12(11)14/h5-6,9H,3-4,7-8H2,1-2H3. The van der Waals surface area contributed by atoms with E-state index in [0.29, 0.717) is 6.54 Å². The fraction of sp³-hybridized carbons (Fsp3) is 0.462. The lowest BCUT2D eigenvalue weighted by atomic mass is 10.2. The van der Waals surface area contributed by atoms with E-state index in [1.165, 1.54) is 12.1 Å². The molecule has 6 nitrogen and oxygen atoms in total. The van der Waals surface area contributed by atoms with Crippen LogP contribution < -0.4 is 0 Å². The molecule has 1 rings (SSSR count). The van der Waals surface area contributed by atoms with Crippen LogP contribution >= 0.6 is 11.6 Å². The number of halogens is 1. The van der Waals surface area contributed by atoms with Crippen LogP contribution in [0.25, 0.3) is 0 Å². The van der Waals surface area contributed by atoms with Gasteiger partial charge < -0.3 is 9.64 Å². The molecule has 0 aromatic heterocycles. The highest BCUT2D eigenvalue weighted by Gasteiger charge is 2.17. The molecule has 0 saturated carbocycles. The molecular weight excluding hydrogens is 284 g/mol. The first-order valence-electron chi connectivity index (χ1n) is 6.33. The van der Waals surface area contributed by atoms with Crippen molar-refractivity contribution < 1.29 is 14.5 Å². The van der Waals surface area contributed by atoms with Gasteiger partial charge >= 0.3 is 5.97 Å². The number of esters is 1. The number of carbonyl (C=O) groups is 1. The van der Waals surface area contributed by atoms with Crippen LogP contribution in [0.1, 0.15) is 24.2 Å². The molecule has 0 spiro atoms. The number of nitro groups is 1. The van der Waals surface area contributed by atoms with Gasteiger partial charge in [0, 0.05) is 18.7 Å². The second-order valence-electron chi connectivity index (χ2n) is 4.08. The summed E-state index contributed by atoms with van der Waals surface area (Å²) in [6.07, 6.45) is 0. The van der Waals surface area contributed by atoms with Crippen LogP contribution in [0.2, 0.25) is 5.02 Å². The average Bonchev–Trinajstić information content (AvgIpc) is 2.43. The lowest BCUT2D eigenvalue weighted by molar-refractivity contribution is -0.384. The van der Waals surface area contributed by atoms with Gasteiger partial charge in [-0.15, -0.1) is 0 Å². The van der Waals surface area contributed by atoms with Crippen molar-refractivity contribution in [2.24, 2.45) is 0 Å². The molecule has 110 valence electrons. The van der Waals surface area contributed by atoms with E-state index < -0.39 is 10.9 Å². The molecule has 0 N–H and O–H groups in total. The fourth-order valence-corrected chi connectivity index (χ4v) is 1.86. The molecule has 0 heterocycles. The Labute approximate surface area is 122 Å². The summed E-state index contributed by atoms with van der Waals surface area (Å²) in [5.41, 5.74) is -0.175. The number of carbonyl (C=O) groups excluding carboxylic acids is 1. The molecule has 7 heteroatoms. The first-order chi connectivity index (χ1) is 9.49. The summed E-state index contributed by atoms with van der Waals surface area (Å²) in [5.74, 6) is -0.647. The number of nitrogens with zero attached hydrogens (tertiary/aromatic N) is 2. The molecule has 0 aliphatic heterocycles. The van der Waals surface area contributed by atoms with Gasteiger partial charge in [0.15, 0.2) is 0 Å². The Morgan fingerprint density at radius 1 is 1.40 bits per heavy atom. The molecule has 0 amide bonds. The first kappa shape index (κ1) is 16.4. The highest BCUT2D eigenvalue weighted by Crippen LogP contribution is 2.22. The van der Waals surface area contributed by atoms with Gasteiger partial charge in [-0.25, -0.2) is 4.79 Å². The highest BCUT2D eigenvalue weighted by atomic mass is 35.5. The van der Waals surface area contributed by atoms with Crippen molar-refractivity contribution in [2.45, 2.75) is 13.8 Å². The Morgan fingerprint density at radius 2 is 2.05 bits per heavy atom. The Morgan fingerprint density at radius 3 is 2.60 bits per heavy atom. The molecule has 0 fully saturated rings. The largest absolute Gasteiger partial charge is 0.461 e. The van der Waals surface area contributed by atoms with E-state index in [2.05, 4.69) is 4.90 Å². The molecule has 0 aliphatic carbocycles. The lowest BCUT2D eigenvalue weighted by Crippen LogP contribution is -2.27. The summed E-state index contributed by atoms with van der Waals surface area (Å²) in [5, 5.41) is 10.8. The fourth-order valence-electron chi connectivity index (χ4n) is 1.67. The van der Waals surface area contributed by atoms with Crippen molar-refractivity contribution in [3.8, 4) is 0 Å². The summed E-state index contributed by atoms with van der Waals surface area (Å²) in [4.78, 5) is 24.0. The van der Waals surface area contributed by atoms with Crippen LogP contribution in [0.4, 0.5) is 5.69 Å². The minimum Gasteiger partial charge on any atom is -0.461 e. The molecule has 20 heavy (non-hydrogen) atoms. The third-order valence-corrected chi connectivity index (χ3v) is 3.25. The molecular formula is C13H17ClN2O4. The van der Waals surface area contributed by atoms with E-state index in [-0.39, 0.29) is 22.9 Å². The van der Waals surface area contributed by atoms with Crippen molar-refractivity contribution in [3.63, 3.8) is 0 Å². The minimum atomic E-state index is -0.647. The Kier molecular flexibility index (Phi) is 6.41. The number of likely N-dealkylation sites (N-methyl/N-ethyl adjacent to an activating group) is 1. The van der Waals surface area contributed by atoms with Crippen molar-refractivity contribution >= 4 is 23.3 Å². The third-order valence-electron chi connectivity index (χ3n) is 2.92. The average molecular weight is 301 g/mol. The van der Waals surface area contributed by atoms with Crippen LogP contribution in [0, 0.1) is 10.1 Å². The van der Waals surface area contributed by atoms with Gasteiger partial charge in [0.2, 0.25) is 0 Å². The first-order valence-corrected chi connectivity index (χ1v) is 6.70. The SMILES string of the molecule is CCN(CC)CCOC(=O)c1cc([N+](=O)[O-])ccc1Cl. The van der Waals surface area contributed by atoms with Crippen LogP contribution in [0.15, 0.2) is 18.2 Å². The van der Waals surface area contributed by atoms with Gasteiger partial charge in [0.1, 0.15) is 6.61 Å². The zero-order valence-electron chi connectivity index (χ0n) is 11.5. The van der Waals surface area contributed by atoms with E-state index in [1.54, 1.807) is 0 Å². The number of rotatable bonds is 7. The normalized spacial score (nSPS) is 10.6. The molecule has 1 aromatic rings. The number of nitro benzene ring substituents is 1. The number of ether oxygens (including phenoxy) is 1. The van der Waals surface area contributed by atoms with E-state index in [1.807, 2.05) is 13.8 Å². The summed E-state index contributed by atoms with van der Waals surface area (Å²) < 4.78 is 5.09. The summed E-state index contributed by atoms with van der Waals surface area (Å²) in [6, 6.07) is 3.69. The Bertz CT molecular complexity index is 489. The van der Waals surface area contributed by atoms with E-state index in [4.69, 9.17) is 16.3 Å². The van der Waals surface area contributed by atoms with E-state index in [9.17, 15) is 14.9 Å². The second-order valence-corrected chi connectivity index (χ2v) is 4.49. The molecule has 1 aromatic carbocycles. The maximum Gasteiger partial charge on any atom is 0.339 e. The van der Waals surface area contributed by atoms with Crippen LogP contribution in [-0.2, 0) is 4.74 Å². The smallest absolute Gasteiger partial charge is 0.339 e. The van der Waals surface area contributed by atoms with Gasteiger partial charge in [0.25, 0.3) is 5.69 Å². The van der Waals surface area contributed by atoms with Gasteiger partial charge in [-0.05, 0) is 19.2 Å². The molecule has 0 radical (unpaired) electrons. The monoisotopic (exact) mass is 300 g/mol. The zero-order valence-corrected chi connectivity index (χ0v) is 12.2. The van der Waals surface area contributed by atoms with Gasteiger partial charge in [-0.2, -0.15) is 0 Å². The molecule has 0 unspecified atom stereocenters. The number of non-ortho nitro benzene ring substituents is 1. The van der Waals surface area contributed by atoms with E-state index >= 15 is 0 Å². The molecule has 0 aliphatic rings. The highest BCUT2D eigenvalue weighted by molar-refractivity contribution is 6.33. The topological polar surface area (TPSA) is 72.7 Å². The van der Waals surface area contributed by atoms with Crippen molar-refractivity contribution in [3.05, 3.63) is 38.9 Å². The lowest BCUT2D eigenvalue weighted by Gasteiger charge is -2.17. The van der Waals surface area contributed by atoms with Gasteiger partial charge in [-0.3, -0.25) is 10.1 Å². The maximum absolute atomic E-state index is 11.9.